The Hall–Kier alpha value is -3.02. The smallest absolute Gasteiger partial charge is 0.319 e. The summed E-state index contributed by atoms with van der Waals surface area (Å²) in [6, 6.07) is 14.0. The van der Waals surface area contributed by atoms with Gasteiger partial charge in [-0.05, 0) is 43.7 Å². The van der Waals surface area contributed by atoms with E-state index in [1.807, 2.05) is 32.0 Å². The molecule has 0 fully saturated rings. The minimum atomic E-state index is -0.324. The summed E-state index contributed by atoms with van der Waals surface area (Å²) in [6.07, 6.45) is 0.0184. The first-order valence-corrected chi connectivity index (χ1v) is 8.11. The van der Waals surface area contributed by atoms with E-state index in [-0.39, 0.29) is 18.0 Å². The number of nitrogens with one attached hydrogen (secondary N) is 3. The van der Waals surface area contributed by atoms with E-state index in [0.29, 0.717) is 23.5 Å². The van der Waals surface area contributed by atoms with Gasteiger partial charge in [0.1, 0.15) is 5.75 Å². The molecule has 2 aromatic carbocycles. The monoisotopic (exact) mass is 341 g/mol. The van der Waals surface area contributed by atoms with Gasteiger partial charge in [-0.15, -0.1) is 0 Å². The van der Waals surface area contributed by atoms with Crippen LogP contribution in [0.1, 0.15) is 29.8 Å². The molecular weight excluding hydrogens is 318 g/mol. The van der Waals surface area contributed by atoms with Gasteiger partial charge < -0.3 is 20.7 Å². The maximum Gasteiger partial charge on any atom is 0.319 e. The van der Waals surface area contributed by atoms with Gasteiger partial charge in [0.2, 0.25) is 0 Å². The fourth-order valence-electron chi connectivity index (χ4n) is 2.19. The van der Waals surface area contributed by atoms with Crippen LogP contribution >= 0.6 is 0 Å². The Balaban J connectivity index is 1.92. The molecule has 0 unspecified atom stereocenters. The van der Waals surface area contributed by atoms with Crippen molar-refractivity contribution >= 4 is 17.6 Å². The number of ether oxygens (including phenoxy) is 1. The Kier molecular flexibility index (Phi) is 6.39. The third kappa shape index (κ3) is 5.53. The molecule has 0 aliphatic carbocycles. The number of para-hydroxylation sites is 2. The lowest BCUT2D eigenvalue weighted by atomic mass is 10.1. The molecular formula is C19H23N3O3. The molecule has 0 aliphatic rings. The first-order valence-electron chi connectivity index (χ1n) is 8.11. The van der Waals surface area contributed by atoms with Crippen molar-refractivity contribution in [3.05, 3.63) is 59.7 Å². The molecule has 6 nitrogen and oxygen atoms in total. The number of urea groups is 1. The molecule has 0 saturated heterocycles. The van der Waals surface area contributed by atoms with E-state index in [9.17, 15) is 9.59 Å². The predicted octanol–water partition coefficient (Wildman–Crippen LogP) is 3.16. The van der Waals surface area contributed by atoms with Crippen molar-refractivity contribution in [1.29, 1.82) is 0 Å². The summed E-state index contributed by atoms with van der Waals surface area (Å²) in [7, 11) is 1.59. The van der Waals surface area contributed by atoms with Gasteiger partial charge in [-0.3, -0.25) is 4.79 Å². The zero-order valence-corrected chi connectivity index (χ0v) is 14.6. The van der Waals surface area contributed by atoms with Crippen molar-refractivity contribution in [3.8, 4) is 5.75 Å². The number of anilines is 1. The Labute approximate surface area is 147 Å². The van der Waals surface area contributed by atoms with Crippen molar-refractivity contribution < 1.29 is 14.3 Å². The van der Waals surface area contributed by atoms with Crippen LogP contribution < -0.4 is 20.7 Å². The topological polar surface area (TPSA) is 79.5 Å². The van der Waals surface area contributed by atoms with Crippen LogP contribution in [0, 0.1) is 0 Å². The predicted molar refractivity (Wildman–Crippen MR) is 97.9 cm³/mol. The van der Waals surface area contributed by atoms with Crippen LogP contribution in [0.25, 0.3) is 0 Å². The molecule has 6 heteroatoms. The van der Waals surface area contributed by atoms with Crippen LogP contribution in [0.15, 0.2) is 48.5 Å². The number of carbonyl (C=O) groups excluding carboxylic acids is 2. The molecule has 0 atom stereocenters. The van der Waals surface area contributed by atoms with Gasteiger partial charge in [-0.1, -0.05) is 24.3 Å². The van der Waals surface area contributed by atoms with Crippen LogP contribution in [0.3, 0.4) is 0 Å². The van der Waals surface area contributed by atoms with E-state index >= 15 is 0 Å². The normalized spacial score (nSPS) is 10.2. The Morgan fingerprint density at radius 1 is 1.04 bits per heavy atom. The molecule has 0 saturated carbocycles. The van der Waals surface area contributed by atoms with E-state index in [4.69, 9.17) is 4.74 Å². The highest BCUT2D eigenvalue weighted by Gasteiger charge is 2.09. The SMILES string of the molecule is CNC(=O)c1ccc(CNC(=O)Nc2ccccc2OC(C)C)cc1. The lowest BCUT2D eigenvalue weighted by molar-refractivity contribution is 0.0963. The molecule has 3 N–H and O–H groups in total. The van der Waals surface area contributed by atoms with Crippen LogP contribution in [0.4, 0.5) is 10.5 Å². The molecule has 0 bridgehead atoms. The number of benzene rings is 2. The van der Waals surface area contributed by atoms with Gasteiger partial charge in [0.15, 0.2) is 0 Å². The molecule has 0 aromatic heterocycles. The lowest BCUT2D eigenvalue weighted by Crippen LogP contribution is -2.28. The van der Waals surface area contributed by atoms with Gasteiger partial charge in [0.25, 0.3) is 5.91 Å². The van der Waals surface area contributed by atoms with Crippen molar-refractivity contribution in [1.82, 2.24) is 10.6 Å². The van der Waals surface area contributed by atoms with Crippen LogP contribution in [0.5, 0.6) is 5.75 Å². The fraction of sp³-hybridized carbons (Fsp3) is 0.263. The van der Waals surface area contributed by atoms with Gasteiger partial charge in [0, 0.05) is 19.2 Å². The summed E-state index contributed by atoms with van der Waals surface area (Å²) >= 11 is 0. The first-order chi connectivity index (χ1) is 12.0. The summed E-state index contributed by atoms with van der Waals surface area (Å²) in [6.45, 7) is 4.21. The minimum Gasteiger partial charge on any atom is -0.489 e. The maximum absolute atomic E-state index is 12.1. The third-order valence-corrected chi connectivity index (χ3v) is 3.39. The molecule has 2 rings (SSSR count). The van der Waals surface area contributed by atoms with E-state index < -0.39 is 0 Å². The maximum atomic E-state index is 12.1. The molecule has 132 valence electrons. The number of rotatable bonds is 6. The largest absolute Gasteiger partial charge is 0.489 e. The van der Waals surface area contributed by atoms with Gasteiger partial charge in [0.05, 0.1) is 11.8 Å². The fourth-order valence-corrected chi connectivity index (χ4v) is 2.19. The second kappa shape index (κ2) is 8.73. The Morgan fingerprint density at radius 2 is 1.72 bits per heavy atom. The van der Waals surface area contributed by atoms with Crippen LogP contribution in [-0.2, 0) is 6.54 Å². The van der Waals surface area contributed by atoms with E-state index in [1.54, 1.807) is 37.4 Å². The summed E-state index contributed by atoms with van der Waals surface area (Å²) in [5.41, 5.74) is 2.09. The van der Waals surface area contributed by atoms with Crippen LogP contribution in [0.2, 0.25) is 0 Å². The van der Waals surface area contributed by atoms with Crippen LogP contribution in [-0.4, -0.2) is 25.1 Å². The zero-order valence-electron chi connectivity index (χ0n) is 14.6. The van der Waals surface area contributed by atoms with E-state index in [0.717, 1.165) is 5.56 Å². The van der Waals surface area contributed by atoms with E-state index in [1.165, 1.54) is 0 Å². The third-order valence-electron chi connectivity index (χ3n) is 3.39. The van der Waals surface area contributed by atoms with Gasteiger partial charge in [-0.2, -0.15) is 0 Å². The highest BCUT2D eigenvalue weighted by atomic mass is 16.5. The number of hydrogen-bond donors (Lipinski definition) is 3. The molecule has 0 aliphatic heterocycles. The second-order valence-electron chi connectivity index (χ2n) is 5.75. The first kappa shape index (κ1) is 18.3. The number of hydrogen-bond acceptors (Lipinski definition) is 3. The minimum absolute atomic E-state index is 0.0184. The summed E-state index contributed by atoms with van der Waals surface area (Å²) in [5, 5.41) is 8.14. The Morgan fingerprint density at radius 3 is 2.36 bits per heavy atom. The van der Waals surface area contributed by atoms with Gasteiger partial charge >= 0.3 is 6.03 Å². The van der Waals surface area contributed by atoms with Crippen molar-refractivity contribution in [2.45, 2.75) is 26.5 Å². The number of carbonyl (C=O) groups is 2. The van der Waals surface area contributed by atoms with Crippen molar-refractivity contribution in [2.24, 2.45) is 0 Å². The molecule has 25 heavy (non-hydrogen) atoms. The highest BCUT2D eigenvalue weighted by Crippen LogP contribution is 2.24. The van der Waals surface area contributed by atoms with Crippen molar-refractivity contribution in [3.63, 3.8) is 0 Å². The molecule has 3 amide bonds. The Bertz CT molecular complexity index is 727. The second-order valence-corrected chi connectivity index (χ2v) is 5.75. The zero-order chi connectivity index (χ0) is 18.2. The quantitative estimate of drug-likeness (QED) is 0.755. The highest BCUT2D eigenvalue weighted by molar-refractivity contribution is 5.94. The molecule has 2 aromatic rings. The van der Waals surface area contributed by atoms with Gasteiger partial charge in [-0.25, -0.2) is 4.79 Å². The average Bonchev–Trinajstić information content (AvgIpc) is 2.61. The van der Waals surface area contributed by atoms with E-state index in [2.05, 4.69) is 16.0 Å². The molecule has 0 spiro atoms. The summed E-state index contributed by atoms with van der Waals surface area (Å²) in [4.78, 5) is 23.6. The summed E-state index contributed by atoms with van der Waals surface area (Å²) in [5.74, 6) is 0.488. The number of amides is 3. The lowest BCUT2D eigenvalue weighted by Gasteiger charge is -2.15. The average molecular weight is 341 g/mol. The molecule has 0 radical (unpaired) electrons. The standard InChI is InChI=1S/C19H23N3O3/c1-13(2)25-17-7-5-4-6-16(17)22-19(24)21-12-14-8-10-15(11-9-14)18(23)20-3/h4-11,13H,12H2,1-3H3,(H,20,23)(H2,21,22,24). The van der Waals surface area contributed by atoms with Crippen molar-refractivity contribution in [2.75, 3.05) is 12.4 Å². The summed E-state index contributed by atoms with van der Waals surface area (Å²) < 4.78 is 5.67. The molecule has 0 heterocycles.